The van der Waals surface area contributed by atoms with Gasteiger partial charge in [-0.1, -0.05) is 127 Å². The first-order valence-electron chi connectivity index (χ1n) is 17.1. The molecule has 0 saturated carbocycles. The number of hydrogen-bond donors (Lipinski definition) is 4. The number of rotatable bonds is 26. The summed E-state index contributed by atoms with van der Waals surface area (Å²) in [4.78, 5) is 0. The minimum Gasteiger partial charge on any atom is -0.389 e. The van der Waals surface area contributed by atoms with E-state index in [1.54, 1.807) is 0 Å². The summed E-state index contributed by atoms with van der Waals surface area (Å²) in [5, 5.41) is 20.8. The lowest BCUT2D eigenvalue weighted by atomic mass is 9.99. The molecule has 2 aromatic rings. The predicted molar refractivity (Wildman–Crippen MR) is 182 cm³/mol. The Morgan fingerprint density at radius 2 is 0.886 bits per heavy atom. The predicted octanol–water partition coefficient (Wildman–Crippen LogP) is 7.34. The van der Waals surface area contributed by atoms with Gasteiger partial charge in [0.25, 0.3) is 0 Å². The van der Waals surface area contributed by atoms with Crippen LogP contribution in [0.5, 0.6) is 0 Å². The fraction of sp³-hybridized carbons (Fsp3) is 0.667. The van der Waals surface area contributed by atoms with Crippen LogP contribution in [-0.2, 0) is 39.3 Å². The van der Waals surface area contributed by atoms with Gasteiger partial charge in [-0.05, 0) is 60.8 Å². The summed E-state index contributed by atoms with van der Waals surface area (Å²) in [5.41, 5.74) is 17.1. The van der Waals surface area contributed by atoms with Gasteiger partial charge in [-0.3, -0.25) is 0 Å². The zero-order chi connectivity index (χ0) is 32.0. The molecule has 4 atom stereocenters. The van der Waals surface area contributed by atoms with Crippen LogP contribution >= 0.6 is 8.25 Å². The van der Waals surface area contributed by atoms with E-state index >= 15 is 0 Å². The third-order valence-electron chi connectivity index (χ3n) is 8.32. The average molecular weight is 632 g/mol. The van der Waals surface area contributed by atoms with Crippen molar-refractivity contribution in [3.8, 4) is 0 Å². The second-order valence-corrected chi connectivity index (χ2v) is 13.3. The molecule has 0 bridgehead atoms. The topological polar surface area (TPSA) is 128 Å². The molecular weight excluding hydrogens is 571 g/mol. The van der Waals surface area contributed by atoms with Crippen molar-refractivity contribution in [3.63, 3.8) is 0 Å². The number of hydrogen-bond acceptors (Lipinski definition) is 7. The molecule has 0 aromatic heterocycles. The van der Waals surface area contributed by atoms with Crippen LogP contribution in [0.2, 0.25) is 0 Å². The molecule has 8 heteroatoms. The molecule has 2 aromatic carbocycles. The summed E-state index contributed by atoms with van der Waals surface area (Å²) in [6, 6.07) is 15.6. The molecule has 0 saturated heterocycles. The van der Waals surface area contributed by atoms with Gasteiger partial charge in [0.1, 0.15) is 13.2 Å². The lowest BCUT2D eigenvalue weighted by Crippen LogP contribution is -2.40. The first-order valence-corrected chi connectivity index (χ1v) is 18.2. The van der Waals surface area contributed by atoms with Crippen LogP contribution in [0.3, 0.4) is 0 Å². The molecule has 0 fully saturated rings. The molecule has 2 rings (SSSR count). The van der Waals surface area contributed by atoms with Gasteiger partial charge in [0.05, 0.1) is 12.2 Å². The highest BCUT2D eigenvalue weighted by Gasteiger charge is 2.28. The Hall–Kier alpha value is -1.70. The number of aliphatic hydroxyl groups is 2. The van der Waals surface area contributed by atoms with Crippen LogP contribution < -0.4 is 11.5 Å². The van der Waals surface area contributed by atoms with Crippen molar-refractivity contribution >= 4 is 8.25 Å². The molecule has 0 aliphatic heterocycles. The van der Waals surface area contributed by atoms with E-state index in [-0.39, 0.29) is 13.2 Å². The zero-order valence-corrected chi connectivity index (χ0v) is 28.3. The summed E-state index contributed by atoms with van der Waals surface area (Å²) < 4.78 is 22.6. The van der Waals surface area contributed by atoms with Crippen LogP contribution in [0, 0.1) is 0 Å². The molecule has 7 nitrogen and oxygen atoms in total. The summed E-state index contributed by atoms with van der Waals surface area (Å²) in [5.74, 6) is 0. The molecule has 0 aliphatic carbocycles. The van der Waals surface area contributed by atoms with Crippen LogP contribution in [-0.4, -0.2) is 47.7 Å². The summed E-state index contributed by atoms with van der Waals surface area (Å²) in [6.45, 7) is 4.02. The fourth-order valence-corrected chi connectivity index (χ4v) is 5.90. The molecule has 248 valence electrons. The molecule has 0 spiro atoms. The minimum atomic E-state index is -2.53. The van der Waals surface area contributed by atoms with Gasteiger partial charge in [-0.2, -0.15) is 0 Å². The van der Waals surface area contributed by atoms with E-state index in [1.807, 2.05) is 0 Å². The molecular formula is C36H60N2O5P+. The summed E-state index contributed by atoms with van der Waals surface area (Å²) >= 11 is 0. The molecule has 6 N–H and O–H groups in total. The largest absolute Gasteiger partial charge is 0.697 e. The Kier molecular flexibility index (Phi) is 20.6. The van der Waals surface area contributed by atoms with Crippen molar-refractivity contribution in [1.82, 2.24) is 0 Å². The fourth-order valence-electron chi connectivity index (χ4n) is 5.28. The molecule has 44 heavy (non-hydrogen) atoms. The molecule has 0 radical (unpaired) electrons. The van der Waals surface area contributed by atoms with Crippen molar-refractivity contribution in [2.45, 2.75) is 141 Å². The molecule has 0 aliphatic rings. The number of benzene rings is 2. The van der Waals surface area contributed by atoms with E-state index in [9.17, 15) is 14.8 Å². The van der Waals surface area contributed by atoms with Crippen molar-refractivity contribution in [3.05, 3.63) is 70.8 Å². The highest BCUT2D eigenvalue weighted by molar-refractivity contribution is 7.33. The van der Waals surface area contributed by atoms with Gasteiger partial charge < -0.3 is 21.7 Å². The van der Waals surface area contributed by atoms with E-state index in [0.29, 0.717) is 12.8 Å². The van der Waals surface area contributed by atoms with Crippen LogP contribution in [0.1, 0.15) is 113 Å². The number of aliphatic hydroxyl groups excluding tert-OH is 2. The second-order valence-electron chi connectivity index (χ2n) is 12.4. The van der Waals surface area contributed by atoms with E-state index < -0.39 is 32.5 Å². The quantitative estimate of drug-likeness (QED) is 0.0632. The molecule has 0 heterocycles. The highest BCUT2D eigenvalue weighted by Crippen LogP contribution is 2.25. The van der Waals surface area contributed by atoms with Crippen molar-refractivity contribution in [2.75, 3.05) is 13.2 Å². The lowest BCUT2D eigenvalue weighted by molar-refractivity contribution is 0.0587. The second kappa shape index (κ2) is 23.6. The van der Waals surface area contributed by atoms with E-state index in [0.717, 1.165) is 24.0 Å². The first kappa shape index (κ1) is 38.5. The third-order valence-corrected chi connectivity index (χ3v) is 9.04. The normalized spacial score (nSPS) is 14.7. The average Bonchev–Trinajstić information content (AvgIpc) is 3.03. The maximum absolute atomic E-state index is 12.2. The van der Waals surface area contributed by atoms with Crippen LogP contribution in [0.15, 0.2) is 48.5 Å². The standard InChI is InChI=1S/C36H60N2O5P/c1-3-5-7-9-11-13-15-29-17-21-31(22-18-29)25-33(37)35(39)27-42-44(41)43-28-36(40)34(38)26-32-23-19-30(20-24-32)16-14-12-10-8-6-4-2/h17-24,33-36,39-40H,3-16,25-28,37-38H2,1-2H3/q+1. The highest BCUT2D eigenvalue weighted by atomic mass is 31.1. The van der Waals surface area contributed by atoms with Crippen molar-refractivity contribution in [2.24, 2.45) is 11.5 Å². The van der Waals surface area contributed by atoms with Crippen LogP contribution in [0.25, 0.3) is 0 Å². The zero-order valence-electron chi connectivity index (χ0n) is 27.4. The van der Waals surface area contributed by atoms with E-state index in [2.05, 4.69) is 62.4 Å². The number of nitrogens with two attached hydrogens (primary N) is 2. The SMILES string of the molecule is CCCCCCCCc1ccc(CC(N)C(O)CO[P+](=O)OCC(O)C(N)Cc2ccc(CCCCCCCC)cc2)cc1. The Labute approximate surface area is 268 Å². The Morgan fingerprint density at radius 1 is 0.568 bits per heavy atom. The Morgan fingerprint density at radius 3 is 1.25 bits per heavy atom. The summed E-state index contributed by atoms with van der Waals surface area (Å²) in [7, 11) is -2.53. The van der Waals surface area contributed by atoms with Gasteiger partial charge in [-0.15, -0.1) is 9.05 Å². The maximum Gasteiger partial charge on any atom is 0.697 e. The first-order chi connectivity index (χ1) is 21.3. The number of unbranched alkanes of at least 4 members (excludes halogenated alkanes) is 10. The van der Waals surface area contributed by atoms with Crippen molar-refractivity contribution < 1.29 is 23.8 Å². The third kappa shape index (κ3) is 17.1. The van der Waals surface area contributed by atoms with E-state index in [4.69, 9.17) is 20.5 Å². The van der Waals surface area contributed by atoms with Crippen molar-refractivity contribution in [1.29, 1.82) is 0 Å². The van der Waals surface area contributed by atoms with Gasteiger partial charge in [0.2, 0.25) is 0 Å². The van der Waals surface area contributed by atoms with Gasteiger partial charge in [0, 0.05) is 16.6 Å². The molecule has 0 amide bonds. The minimum absolute atomic E-state index is 0.222. The van der Waals surface area contributed by atoms with E-state index in [1.165, 1.54) is 88.2 Å². The monoisotopic (exact) mass is 631 g/mol. The van der Waals surface area contributed by atoms with Gasteiger partial charge in [-0.25, -0.2) is 0 Å². The lowest BCUT2D eigenvalue weighted by Gasteiger charge is -2.17. The maximum atomic E-state index is 12.2. The van der Waals surface area contributed by atoms with Gasteiger partial charge >= 0.3 is 8.25 Å². The molecule has 4 unspecified atom stereocenters. The number of aryl methyl sites for hydroxylation is 2. The van der Waals surface area contributed by atoms with Crippen LogP contribution in [0.4, 0.5) is 0 Å². The summed E-state index contributed by atoms with van der Waals surface area (Å²) in [6.07, 6.45) is 16.5. The Bertz CT molecular complexity index is 925. The smallest absolute Gasteiger partial charge is 0.389 e. The Balaban J connectivity index is 1.60. The van der Waals surface area contributed by atoms with Gasteiger partial charge in [0.15, 0.2) is 0 Å².